The quantitative estimate of drug-likeness (QED) is 0.189. The number of hydrogen-bond acceptors (Lipinski definition) is 12. The molecule has 3 N–H and O–H groups in total. The van der Waals surface area contributed by atoms with Gasteiger partial charge in [0.25, 0.3) is 5.56 Å². The van der Waals surface area contributed by atoms with Crippen molar-refractivity contribution in [2.24, 2.45) is 25.9 Å². The standard InChI is InChI=1S/C43H46ClF2N11O5/c1-53-30-10-8-25(20-28(30)34-36(41(53)61)62-22-43(45,46)37(50-34)23-6-7-23)48-38-29(44)21-47-42(51-38)57-14-12-24(13-15-57)40(60)56-18-16-55(17-19-56)31-5-3-4-26-33(52-54(2)35(26)31)27-9-11-32(58)49-39(27)59/h3-5,8,10,20-21,23-24,27,37,50H,6-7,9,11-19,22H2,1-2H3,(H,47,48,51)(H,49,58,59). The van der Waals surface area contributed by atoms with Crippen LogP contribution in [0.15, 0.2) is 47.4 Å². The molecular formula is C43H46ClF2N11O5. The molecule has 2 atom stereocenters. The molecule has 10 rings (SSSR count). The average Bonchev–Trinajstić information content (AvgIpc) is 4.07. The van der Waals surface area contributed by atoms with E-state index in [4.69, 9.17) is 26.4 Å². The van der Waals surface area contributed by atoms with Crippen LogP contribution in [-0.2, 0) is 28.5 Å². The number of imide groups is 1. The molecule has 2 aromatic carbocycles. The zero-order valence-corrected chi connectivity index (χ0v) is 35.1. The number of piperazine rings is 1. The first-order valence-electron chi connectivity index (χ1n) is 21.2. The molecule has 3 amide bonds. The second kappa shape index (κ2) is 15.4. The highest BCUT2D eigenvalue weighted by Crippen LogP contribution is 2.46. The topological polar surface area (TPSA) is 172 Å². The lowest BCUT2D eigenvalue weighted by Gasteiger charge is -2.39. The summed E-state index contributed by atoms with van der Waals surface area (Å²) in [6.07, 6.45) is 4.87. The van der Waals surface area contributed by atoms with Crippen LogP contribution in [0.1, 0.15) is 50.1 Å². The third-order valence-electron chi connectivity index (χ3n) is 13.1. The first kappa shape index (κ1) is 40.1. The molecule has 1 saturated carbocycles. The van der Waals surface area contributed by atoms with Crippen LogP contribution in [0.4, 0.5) is 37.6 Å². The van der Waals surface area contributed by atoms with Gasteiger partial charge in [0.1, 0.15) is 5.02 Å². The molecule has 0 spiro atoms. The number of amides is 3. The van der Waals surface area contributed by atoms with E-state index in [9.17, 15) is 19.2 Å². The number of halogens is 3. The highest BCUT2D eigenvalue weighted by atomic mass is 35.5. The molecule has 0 bridgehead atoms. The number of nitrogens with zero attached hydrogens (tertiary/aromatic N) is 8. The SMILES string of the molecule is Cn1nc(C2CCC(=O)NC2=O)c2cccc(N3CCN(C(=O)C4CCN(c5ncc(Cl)c(Nc6ccc7c(c6)c6c(c(=O)n7C)OCC(F)(F)C(C7CC7)N6)n5)CC4)CC3)c21. The predicted molar refractivity (Wildman–Crippen MR) is 230 cm³/mol. The number of aromatic nitrogens is 5. The summed E-state index contributed by atoms with van der Waals surface area (Å²) < 4.78 is 39.0. The van der Waals surface area contributed by atoms with Crippen molar-refractivity contribution >= 4 is 80.0 Å². The van der Waals surface area contributed by atoms with Crippen molar-refractivity contribution in [3.63, 3.8) is 0 Å². The number of alkyl halides is 2. The van der Waals surface area contributed by atoms with Crippen molar-refractivity contribution in [3.05, 3.63) is 63.7 Å². The summed E-state index contributed by atoms with van der Waals surface area (Å²) in [5.74, 6) is -3.73. The van der Waals surface area contributed by atoms with E-state index in [0.717, 1.165) is 16.6 Å². The largest absolute Gasteiger partial charge is 0.480 e. The van der Waals surface area contributed by atoms with E-state index < -0.39 is 30.0 Å². The molecule has 7 heterocycles. The Bertz CT molecular complexity index is 2710. The molecule has 3 aromatic heterocycles. The zero-order chi connectivity index (χ0) is 43.0. The van der Waals surface area contributed by atoms with Gasteiger partial charge in [0.05, 0.1) is 46.3 Å². The van der Waals surface area contributed by atoms with Crippen molar-refractivity contribution in [2.45, 2.75) is 56.4 Å². The van der Waals surface area contributed by atoms with Crippen LogP contribution >= 0.6 is 11.6 Å². The average molecular weight is 870 g/mol. The maximum atomic E-state index is 15.2. The molecule has 3 saturated heterocycles. The molecule has 5 aliphatic rings. The summed E-state index contributed by atoms with van der Waals surface area (Å²) in [4.78, 5) is 67.1. The van der Waals surface area contributed by atoms with Crippen LogP contribution in [0.3, 0.4) is 0 Å². The number of fused-ring (bicyclic) bond motifs is 4. The van der Waals surface area contributed by atoms with Crippen LogP contribution in [0.25, 0.3) is 21.8 Å². The summed E-state index contributed by atoms with van der Waals surface area (Å²) >= 11 is 6.61. The fraction of sp³-hybridized carbons (Fsp3) is 0.465. The Balaban J connectivity index is 0.791. The van der Waals surface area contributed by atoms with Crippen molar-refractivity contribution in [2.75, 3.05) is 66.3 Å². The minimum Gasteiger partial charge on any atom is -0.480 e. The fourth-order valence-corrected chi connectivity index (χ4v) is 9.72. The highest BCUT2D eigenvalue weighted by Gasteiger charge is 2.51. The van der Waals surface area contributed by atoms with Gasteiger partial charge in [0.2, 0.25) is 29.4 Å². The van der Waals surface area contributed by atoms with Gasteiger partial charge in [-0.3, -0.25) is 29.2 Å². The molecular weight excluding hydrogens is 824 g/mol. The van der Waals surface area contributed by atoms with Gasteiger partial charge >= 0.3 is 5.92 Å². The predicted octanol–water partition coefficient (Wildman–Crippen LogP) is 4.92. The van der Waals surface area contributed by atoms with E-state index in [1.54, 1.807) is 25.2 Å². The van der Waals surface area contributed by atoms with Gasteiger partial charge in [0, 0.05) is 82.2 Å². The number of piperidine rings is 2. The molecule has 4 aliphatic heterocycles. The third kappa shape index (κ3) is 7.10. The summed E-state index contributed by atoms with van der Waals surface area (Å²) in [5.41, 5.74) is 3.47. The smallest absolute Gasteiger partial charge is 0.301 e. The van der Waals surface area contributed by atoms with Gasteiger partial charge in [-0.1, -0.05) is 23.7 Å². The van der Waals surface area contributed by atoms with Gasteiger partial charge in [-0.15, -0.1) is 0 Å². The van der Waals surface area contributed by atoms with Gasteiger partial charge in [-0.2, -0.15) is 10.1 Å². The number of hydrogen-bond donors (Lipinski definition) is 3. The third-order valence-corrected chi connectivity index (χ3v) is 13.4. The number of carbonyl (C=O) groups is 3. The number of ether oxygens (including phenoxy) is 1. The van der Waals surface area contributed by atoms with Gasteiger partial charge < -0.3 is 34.6 Å². The molecule has 19 heteroatoms. The van der Waals surface area contributed by atoms with E-state index in [2.05, 4.69) is 25.8 Å². The molecule has 5 aromatic rings. The molecule has 16 nitrogen and oxygen atoms in total. The maximum absolute atomic E-state index is 15.2. The summed E-state index contributed by atoms with van der Waals surface area (Å²) in [6.45, 7) is 2.72. The second-order valence-corrected chi connectivity index (χ2v) is 17.5. The Hall–Kier alpha value is -6.04. The van der Waals surface area contributed by atoms with Crippen LogP contribution in [-0.4, -0.2) is 105 Å². The van der Waals surface area contributed by atoms with Crippen molar-refractivity contribution < 1.29 is 27.9 Å². The molecule has 1 aliphatic carbocycles. The minimum absolute atomic E-state index is 0.131. The Kier molecular flexibility index (Phi) is 9.95. The van der Waals surface area contributed by atoms with Crippen molar-refractivity contribution in [1.29, 1.82) is 0 Å². The van der Waals surface area contributed by atoms with Gasteiger partial charge in [-0.25, -0.2) is 13.8 Å². The Morgan fingerprint density at radius 3 is 2.47 bits per heavy atom. The van der Waals surface area contributed by atoms with E-state index in [-0.39, 0.29) is 52.4 Å². The lowest BCUT2D eigenvalue weighted by molar-refractivity contribution is -0.137. The van der Waals surface area contributed by atoms with Crippen molar-refractivity contribution in [3.8, 4) is 5.75 Å². The summed E-state index contributed by atoms with van der Waals surface area (Å²) in [6, 6.07) is 10.1. The molecule has 2 unspecified atom stereocenters. The van der Waals surface area contributed by atoms with E-state index in [1.807, 2.05) is 39.7 Å². The number of anilines is 5. The first-order valence-corrected chi connectivity index (χ1v) is 21.5. The van der Waals surface area contributed by atoms with Gasteiger partial charge in [-0.05, 0) is 62.3 Å². The highest BCUT2D eigenvalue weighted by molar-refractivity contribution is 6.33. The normalized spacial score (nSPS) is 21.9. The molecule has 324 valence electrons. The number of rotatable bonds is 7. The van der Waals surface area contributed by atoms with Crippen molar-refractivity contribution in [1.82, 2.24) is 34.5 Å². The number of carbonyl (C=O) groups excluding carboxylic acids is 3. The first-order chi connectivity index (χ1) is 29.8. The monoisotopic (exact) mass is 869 g/mol. The lowest BCUT2D eigenvalue weighted by atomic mass is 9.92. The van der Waals surface area contributed by atoms with Crippen LogP contribution in [0.5, 0.6) is 5.75 Å². The van der Waals surface area contributed by atoms with E-state index in [1.165, 1.54) is 10.8 Å². The number of nitrogens with one attached hydrogen (secondary N) is 3. The number of aryl methyl sites for hydroxylation is 2. The number of pyridine rings is 1. The second-order valence-electron chi connectivity index (χ2n) is 17.1. The molecule has 62 heavy (non-hydrogen) atoms. The Morgan fingerprint density at radius 1 is 0.952 bits per heavy atom. The summed E-state index contributed by atoms with van der Waals surface area (Å²) in [7, 11) is 3.46. The molecule has 0 radical (unpaired) electrons. The molecule has 4 fully saturated rings. The van der Waals surface area contributed by atoms with Crippen LogP contribution in [0, 0.1) is 11.8 Å². The number of para-hydroxylation sites is 1. The van der Waals surface area contributed by atoms with Gasteiger partial charge in [0.15, 0.2) is 12.4 Å². The lowest BCUT2D eigenvalue weighted by Crippen LogP contribution is -2.51. The van der Waals surface area contributed by atoms with E-state index in [0.29, 0.717) is 105 Å². The Labute approximate surface area is 359 Å². The summed E-state index contributed by atoms with van der Waals surface area (Å²) in [5, 5.41) is 15.2. The zero-order valence-electron chi connectivity index (χ0n) is 34.3. The van der Waals surface area contributed by atoms with Crippen LogP contribution < -0.4 is 36.0 Å². The van der Waals surface area contributed by atoms with E-state index >= 15 is 8.78 Å². The minimum atomic E-state index is -3.15. The maximum Gasteiger partial charge on any atom is 0.301 e. The van der Waals surface area contributed by atoms with Crippen LogP contribution in [0.2, 0.25) is 5.02 Å². The fourth-order valence-electron chi connectivity index (χ4n) is 9.58. The number of benzene rings is 2. The Morgan fingerprint density at radius 2 is 1.73 bits per heavy atom.